The predicted octanol–water partition coefficient (Wildman–Crippen LogP) is 3.24. The molecule has 112 valence electrons. The van der Waals surface area contributed by atoms with E-state index in [9.17, 15) is 13.2 Å². The predicted molar refractivity (Wildman–Crippen MR) is 71.3 cm³/mol. The molecule has 0 bridgehead atoms. The van der Waals surface area contributed by atoms with Crippen LogP contribution in [0.4, 0.5) is 24.8 Å². The van der Waals surface area contributed by atoms with Gasteiger partial charge in [0, 0.05) is 19.2 Å². The second kappa shape index (κ2) is 5.85. The minimum Gasteiger partial charge on any atom is -0.384 e. The van der Waals surface area contributed by atoms with Crippen molar-refractivity contribution in [2.24, 2.45) is 0 Å². The maximum absolute atomic E-state index is 12.7. The second-order valence-electron chi connectivity index (χ2n) is 5.23. The molecule has 1 aliphatic rings. The molecule has 0 unspecified atom stereocenters. The molecule has 1 aromatic heterocycles. The maximum atomic E-state index is 12.7. The SMILES string of the molecule is CN(c1cc(N)nc(C(F)(F)F)n1)C1CCCCCC1. The number of rotatable bonds is 2. The lowest BCUT2D eigenvalue weighted by Crippen LogP contribution is -2.32. The van der Waals surface area contributed by atoms with Crippen LogP contribution in [0, 0.1) is 0 Å². The number of nitrogens with zero attached hydrogens (tertiary/aromatic N) is 3. The highest BCUT2D eigenvalue weighted by molar-refractivity contribution is 5.47. The number of hydrogen-bond acceptors (Lipinski definition) is 4. The van der Waals surface area contributed by atoms with Crippen LogP contribution in [-0.4, -0.2) is 23.1 Å². The molecule has 1 fully saturated rings. The first-order valence-corrected chi connectivity index (χ1v) is 6.82. The lowest BCUT2D eigenvalue weighted by molar-refractivity contribution is -0.144. The number of halogens is 3. The molecule has 0 aliphatic heterocycles. The first-order chi connectivity index (χ1) is 9.38. The number of nitrogens with two attached hydrogens (primary N) is 1. The third-order valence-corrected chi connectivity index (χ3v) is 3.72. The molecule has 4 nitrogen and oxygen atoms in total. The molecule has 20 heavy (non-hydrogen) atoms. The van der Waals surface area contributed by atoms with Crippen LogP contribution in [0.25, 0.3) is 0 Å². The summed E-state index contributed by atoms with van der Waals surface area (Å²) in [6, 6.07) is 1.62. The van der Waals surface area contributed by atoms with Gasteiger partial charge in [-0.05, 0) is 12.8 Å². The molecule has 0 radical (unpaired) electrons. The van der Waals surface area contributed by atoms with Gasteiger partial charge in [-0.15, -0.1) is 0 Å². The smallest absolute Gasteiger partial charge is 0.384 e. The first kappa shape index (κ1) is 14.9. The Kier molecular flexibility index (Phi) is 4.35. The van der Waals surface area contributed by atoms with Crippen molar-refractivity contribution in [2.75, 3.05) is 17.7 Å². The maximum Gasteiger partial charge on any atom is 0.451 e. The number of aromatic nitrogens is 2. The van der Waals surface area contributed by atoms with E-state index in [0.717, 1.165) is 25.7 Å². The Morgan fingerprint density at radius 2 is 1.75 bits per heavy atom. The van der Waals surface area contributed by atoms with Gasteiger partial charge in [-0.1, -0.05) is 25.7 Å². The molecule has 1 saturated carbocycles. The highest BCUT2D eigenvalue weighted by atomic mass is 19.4. The summed E-state index contributed by atoms with van der Waals surface area (Å²) in [5.74, 6) is -1.08. The van der Waals surface area contributed by atoms with E-state index in [2.05, 4.69) is 9.97 Å². The Morgan fingerprint density at radius 3 is 2.30 bits per heavy atom. The molecule has 0 saturated heterocycles. The normalized spacial score (nSPS) is 17.8. The number of nitrogen functional groups attached to an aromatic ring is 1. The zero-order valence-electron chi connectivity index (χ0n) is 11.5. The van der Waals surface area contributed by atoms with Crippen LogP contribution in [0.3, 0.4) is 0 Å². The summed E-state index contributed by atoms with van der Waals surface area (Å²) >= 11 is 0. The average Bonchev–Trinajstić information content (AvgIpc) is 2.65. The molecule has 0 spiro atoms. The van der Waals surface area contributed by atoms with Crippen molar-refractivity contribution in [3.8, 4) is 0 Å². The van der Waals surface area contributed by atoms with Crippen LogP contribution in [-0.2, 0) is 6.18 Å². The van der Waals surface area contributed by atoms with Crippen LogP contribution >= 0.6 is 0 Å². The van der Waals surface area contributed by atoms with E-state index < -0.39 is 12.0 Å². The lowest BCUT2D eigenvalue weighted by Gasteiger charge is -2.28. The van der Waals surface area contributed by atoms with Gasteiger partial charge in [0.15, 0.2) is 0 Å². The van der Waals surface area contributed by atoms with Gasteiger partial charge in [-0.25, -0.2) is 9.97 Å². The van der Waals surface area contributed by atoms with Gasteiger partial charge >= 0.3 is 6.18 Å². The zero-order chi connectivity index (χ0) is 14.8. The molecule has 1 heterocycles. The van der Waals surface area contributed by atoms with E-state index in [1.807, 2.05) is 0 Å². The topological polar surface area (TPSA) is 55.0 Å². The van der Waals surface area contributed by atoms with Crippen molar-refractivity contribution in [1.82, 2.24) is 9.97 Å². The van der Waals surface area contributed by atoms with Crippen LogP contribution in [0.15, 0.2) is 6.07 Å². The highest BCUT2D eigenvalue weighted by Crippen LogP contribution is 2.30. The fraction of sp³-hybridized carbons (Fsp3) is 0.692. The van der Waals surface area contributed by atoms with Crippen molar-refractivity contribution in [2.45, 2.75) is 50.7 Å². The van der Waals surface area contributed by atoms with Gasteiger partial charge in [-0.3, -0.25) is 0 Å². The molecule has 2 rings (SSSR count). The average molecular weight is 288 g/mol. The van der Waals surface area contributed by atoms with Gasteiger partial charge in [0.2, 0.25) is 5.82 Å². The van der Waals surface area contributed by atoms with Crippen molar-refractivity contribution >= 4 is 11.6 Å². The van der Waals surface area contributed by atoms with E-state index in [1.54, 1.807) is 11.9 Å². The van der Waals surface area contributed by atoms with Gasteiger partial charge < -0.3 is 10.6 Å². The van der Waals surface area contributed by atoms with Gasteiger partial charge in [0.1, 0.15) is 11.6 Å². The Morgan fingerprint density at radius 1 is 1.15 bits per heavy atom. The summed E-state index contributed by atoms with van der Waals surface area (Å²) in [7, 11) is 1.78. The molecule has 0 amide bonds. The fourth-order valence-corrected chi connectivity index (χ4v) is 2.59. The summed E-state index contributed by atoms with van der Waals surface area (Å²) in [5.41, 5.74) is 5.48. The molecule has 2 N–H and O–H groups in total. The Bertz CT molecular complexity index is 453. The first-order valence-electron chi connectivity index (χ1n) is 6.82. The third kappa shape index (κ3) is 3.52. The summed E-state index contributed by atoms with van der Waals surface area (Å²) in [4.78, 5) is 8.69. The molecule has 1 aliphatic carbocycles. The molecule has 0 atom stereocenters. The van der Waals surface area contributed by atoms with Gasteiger partial charge in [-0.2, -0.15) is 13.2 Å². The van der Waals surface area contributed by atoms with E-state index in [0.29, 0.717) is 0 Å². The zero-order valence-corrected chi connectivity index (χ0v) is 11.5. The van der Waals surface area contributed by atoms with Crippen LogP contribution in [0.2, 0.25) is 0 Å². The lowest BCUT2D eigenvalue weighted by atomic mass is 10.1. The molecule has 7 heteroatoms. The molecule has 1 aromatic rings. The Balaban J connectivity index is 2.24. The van der Waals surface area contributed by atoms with E-state index in [1.165, 1.54) is 18.9 Å². The second-order valence-corrected chi connectivity index (χ2v) is 5.23. The molecular formula is C13H19F3N4. The number of anilines is 2. The largest absolute Gasteiger partial charge is 0.451 e. The summed E-state index contributed by atoms with van der Waals surface area (Å²) < 4.78 is 38.2. The van der Waals surface area contributed by atoms with E-state index >= 15 is 0 Å². The third-order valence-electron chi connectivity index (χ3n) is 3.72. The molecular weight excluding hydrogens is 269 g/mol. The molecule has 0 aromatic carbocycles. The summed E-state index contributed by atoms with van der Waals surface area (Å²) in [6.45, 7) is 0. The standard InChI is InChI=1S/C13H19F3N4/c1-20(9-6-4-2-3-5-7-9)11-8-10(17)18-12(19-11)13(14,15)16/h8-9H,2-7H2,1H3,(H2,17,18,19). The van der Waals surface area contributed by atoms with Crippen LogP contribution < -0.4 is 10.6 Å². The summed E-state index contributed by atoms with van der Waals surface area (Å²) in [6.07, 6.45) is 1.94. The number of hydrogen-bond donors (Lipinski definition) is 1. The quantitative estimate of drug-likeness (QED) is 0.849. The van der Waals surface area contributed by atoms with Crippen LogP contribution in [0.1, 0.15) is 44.3 Å². The summed E-state index contributed by atoms with van der Waals surface area (Å²) in [5, 5.41) is 0. The van der Waals surface area contributed by atoms with Crippen LogP contribution in [0.5, 0.6) is 0 Å². The highest BCUT2D eigenvalue weighted by Gasteiger charge is 2.36. The van der Waals surface area contributed by atoms with Gasteiger partial charge in [0.05, 0.1) is 0 Å². The minimum absolute atomic E-state index is 0.150. The Labute approximate surface area is 116 Å². The number of alkyl halides is 3. The van der Waals surface area contributed by atoms with Crippen molar-refractivity contribution in [3.63, 3.8) is 0 Å². The van der Waals surface area contributed by atoms with E-state index in [4.69, 9.17) is 5.73 Å². The fourth-order valence-electron chi connectivity index (χ4n) is 2.59. The minimum atomic E-state index is -4.57. The van der Waals surface area contributed by atoms with Crippen molar-refractivity contribution in [1.29, 1.82) is 0 Å². The van der Waals surface area contributed by atoms with Gasteiger partial charge in [0.25, 0.3) is 0 Å². The van der Waals surface area contributed by atoms with Crippen molar-refractivity contribution < 1.29 is 13.2 Å². The van der Waals surface area contributed by atoms with Crippen molar-refractivity contribution in [3.05, 3.63) is 11.9 Å². The monoisotopic (exact) mass is 288 g/mol. The van der Waals surface area contributed by atoms with E-state index in [-0.39, 0.29) is 17.7 Å². The Hall–Kier alpha value is -1.53.